The minimum atomic E-state index is 0.281. The monoisotopic (exact) mass is 227 g/mol. The number of nitrogens with zero attached hydrogens (tertiary/aromatic N) is 3. The molecule has 0 bridgehead atoms. The molecule has 3 aromatic rings. The fraction of sp³-hybridized carbons (Fsp3) is 0.0769. The minimum absolute atomic E-state index is 0.281. The molecule has 0 fully saturated rings. The van der Waals surface area contributed by atoms with Crippen molar-refractivity contribution in [1.29, 1.82) is 0 Å². The van der Waals surface area contributed by atoms with Gasteiger partial charge in [0.15, 0.2) is 0 Å². The van der Waals surface area contributed by atoms with Crippen molar-refractivity contribution in [1.82, 2.24) is 14.1 Å². The largest absolute Gasteiger partial charge is 0.510 e. The average molecular weight is 227 g/mol. The van der Waals surface area contributed by atoms with E-state index >= 15 is 0 Å². The molecule has 0 radical (unpaired) electrons. The number of aromatic nitrogens is 3. The first-order chi connectivity index (χ1) is 8.25. The highest BCUT2D eigenvalue weighted by molar-refractivity contribution is 5.80. The second-order valence-electron chi connectivity index (χ2n) is 3.92. The summed E-state index contributed by atoms with van der Waals surface area (Å²) in [6.07, 6.45) is 5.33. The van der Waals surface area contributed by atoms with Gasteiger partial charge in [-0.25, -0.2) is 0 Å². The van der Waals surface area contributed by atoms with Crippen LogP contribution in [0.15, 0.2) is 54.8 Å². The van der Waals surface area contributed by atoms with E-state index in [1.807, 2.05) is 44.4 Å². The fourth-order valence-corrected chi connectivity index (χ4v) is 1.99. The van der Waals surface area contributed by atoms with Crippen LogP contribution in [0.5, 0.6) is 0 Å². The van der Waals surface area contributed by atoms with Crippen molar-refractivity contribution in [3.63, 3.8) is 0 Å². The van der Waals surface area contributed by atoms with E-state index in [2.05, 4.69) is 6.58 Å². The number of fused-ring (bicyclic) bond motifs is 4. The summed E-state index contributed by atoms with van der Waals surface area (Å²) in [7, 11) is 0. The van der Waals surface area contributed by atoms with Crippen LogP contribution in [0.3, 0.4) is 0 Å². The predicted molar refractivity (Wildman–Crippen MR) is 68.4 cm³/mol. The summed E-state index contributed by atoms with van der Waals surface area (Å²) in [4.78, 5) is 1.92. The number of allylic oxidation sites excluding steroid dienone is 5. The quantitative estimate of drug-likeness (QED) is 0.541. The second-order valence-corrected chi connectivity index (χ2v) is 3.92. The van der Waals surface area contributed by atoms with Crippen LogP contribution in [0.25, 0.3) is 16.7 Å². The Morgan fingerprint density at radius 1 is 1.24 bits per heavy atom. The van der Waals surface area contributed by atoms with Gasteiger partial charge in [0.1, 0.15) is 22.5 Å². The molecule has 2 aromatic heterocycles. The van der Waals surface area contributed by atoms with Gasteiger partial charge in [0, 0.05) is 0 Å². The summed E-state index contributed by atoms with van der Waals surface area (Å²) in [6, 6.07) is 8.10. The topological polar surface area (TPSA) is 34.0 Å². The first-order valence-corrected chi connectivity index (χ1v) is 5.44. The molecule has 4 heteroatoms. The van der Waals surface area contributed by atoms with Crippen molar-refractivity contribution in [2.24, 2.45) is 0 Å². The zero-order chi connectivity index (χ0) is 12.0. The molecule has 4 nitrogen and oxygen atoms in total. The van der Waals surface area contributed by atoms with Gasteiger partial charge < -0.3 is 5.11 Å². The summed E-state index contributed by atoms with van der Waals surface area (Å²) < 4.78 is 4.00. The zero-order valence-corrected chi connectivity index (χ0v) is 9.54. The number of hydrogen-bond donors (Lipinski definition) is 1. The molecule has 17 heavy (non-hydrogen) atoms. The molecule has 0 amide bonds. The molecule has 0 saturated carbocycles. The summed E-state index contributed by atoms with van der Waals surface area (Å²) in [6.45, 7) is 5.30. The lowest BCUT2D eigenvalue weighted by Gasteiger charge is -1.94. The van der Waals surface area contributed by atoms with Crippen molar-refractivity contribution in [3.05, 3.63) is 54.8 Å². The summed E-state index contributed by atoms with van der Waals surface area (Å²) in [5, 5.41) is 9.69. The summed E-state index contributed by atoms with van der Waals surface area (Å²) in [5.41, 5.74) is 3.05. The number of para-hydroxylation sites is 2. The van der Waals surface area contributed by atoms with Gasteiger partial charge >= 0.3 is 0 Å². The maximum atomic E-state index is 9.69. The van der Waals surface area contributed by atoms with E-state index in [1.165, 1.54) is 0 Å². The van der Waals surface area contributed by atoms with E-state index in [9.17, 15) is 5.11 Å². The molecule has 2 heterocycles. The number of benzene rings is 1. The Morgan fingerprint density at radius 3 is 2.29 bits per heavy atom. The van der Waals surface area contributed by atoms with Gasteiger partial charge in [0.05, 0.1) is 0 Å². The van der Waals surface area contributed by atoms with E-state index in [0.717, 1.165) is 16.7 Å². The number of hydrogen-bond acceptors (Lipinski definition) is 1. The molecule has 0 aliphatic carbocycles. The van der Waals surface area contributed by atoms with Gasteiger partial charge in [-0.1, -0.05) is 30.9 Å². The lowest BCUT2D eigenvalue weighted by Crippen LogP contribution is -1.90. The second kappa shape index (κ2) is 3.31. The molecule has 0 spiro atoms. The third kappa shape index (κ3) is 1.24. The standard InChI is InChI=1S/C13H13N3O/c1-3-4-7-11(10(2)17)14-15-12-8-5-6-9-13(12)16(14)15/h3-9,17H,1H2,2H3/b7-4-,11-10-. The van der Waals surface area contributed by atoms with Gasteiger partial charge in [-0.3, -0.25) is 0 Å². The first-order valence-electron chi connectivity index (χ1n) is 5.44. The lowest BCUT2D eigenvalue weighted by atomic mass is 10.3. The molecule has 1 N–H and O–H groups in total. The Labute approximate surface area is 98.3 Å². The maximum absolute atomic E-state index is 9.69. The van der Waals surface area contributed by atoms with E-state index < -0.39 is 0 Å². The smallest absolute Gasteiger partial charge is 0.123 e. The third-order valence-corrected chi connectivity index (χ3v) is 2.80. The van der Waals surface area contributed by atoms with Crippen LogP contribution in [0.2, 0.25) is 0 Å². The third-order valence-electron chi connectivity index (χ3n) is 2.80. The van der Waals surface area contributed by atoms with Gasteiger partial charge in [-0.05, 0) is 25.1 Å². The van der Waals surface area contributed by atoms with E-state index in [1.54, 1.807) is 19.1 Å². The molecule has 1 aromatic carbocycles. The number of aliphatic hydroxyl groups is 1. The van der Waals surface area contributed by atoms with E-state index in [4.69, 9.17) is 0 Å². The van der Waals surface area contributed by atoms with Gasteiger partial charge in [-0.15, -0.1) is 14.1 Å². The molecule has 0 atom stereocenters. The Kier molecular flexibility index (Phi) is 1.92. The summed E-state index contributed by atoms with van der Waals surface area (Å²) >= 11 is 0. The van der Waals surface area contributed by atoms with Crippen LogP contribution in [0.4, 0.5) is 0 Å². The normalized spacial score (nSPS) is 14.2. The Morgan fingerprint density at radius 2 is 1.82 bits per heavy atom. The van der Waals surface area contributed by atoms with Crippen LogP contribution >= 0.6 is 0 Å². The Hall–Kier alpha value is -2.36. The average Bonchev–Trinajstić information content (AvgIpc) is 2.94. The van der Waals surface area contributed by atoms with E-state index in [0.29, 0.717) is 0 Å². The maximum Gasteiger partial charge on any atom is 0.123 e. The highest BCUT2D eigenvalue weighted by Gasteiger charge is 2.24. The molecule has 86 valence electrons. The lowest BCUT2D eigenvalue weighted by molar-refractivity contribution is 0.414. The van der Waals surface area contributed by atoms with Crippen molar-refractivity contribution in [3.8, 4) is 0 Å². The SMILES string of the molecule is C=C/C=C\C(=C(/C)O)n1n2c3ccccc3n12. The molecule has 0 unspecified atom stereocenters. The minimum Gasteiger partial charge on any atom is -0.510 e. The zero-order valence-electron chi connectivity index (χ0n) is 9.54. The van der Waals surface area contributed by atoms with Crippen LogP contribution in [-0.2, 0) is 0 Å². The van der Waals surface area contributed by atoms with Crippen molar-refractivity contribution < 1.29 is 5.11 Å². The molecule has 0 aliphatic rings. The molecule has 3 rings (SSSR count). The van der Waals surface area contributed by atoms with Crippen LogP contribution in [-0.4, -0.2) is 19.2 Å². The highest BCUT2D eigenvalue weighted by atomic mass is 16.3. The Bertz CT molecular complexity index is 690. The van der Waals surface area contributed by atoms with Gasteiger partial charge in [0.2, 0.25) is 0 Å². The first kappa shape index (κ1) is 9.84. The molecule has 0 aliphatic heterocycles. The van der Waals surface area contributed by atoms with Gasteiger partial charge in [0.25, 0.3) is 0 Å². The fourth-order valence-electron chi connectivity index (χ4n) is 1.99. The van der Waals surface area contributed by atoms with Crippen LogP contribution in [0, 0.1) is 0 Å². The van der Waals surface area contributed by atoms with Crippen molar-refractivity contribution in [2.45, 2.75) is 6.92 Å². The molecule has 0 saturated heterocycles. The predicted octanol–water partition coefficient (Wildman–Crippen LogP) is 2.92. The Balaban J connectivity index is 2.14. The van der Waals surface area contributed by atoms with Crippen molar-refractivity contribution >= 4 is 16.7 Å². The molecular weight excluding hydrogens is 214 g/mol. The number of aliphatic hydroxyl groups excluding tert-OH is 1. The summed E-state index contributed by atoms with van der Waals surface area (Å²) in [5.74, 6) is 0.281. The molecular formula is C13H13N3O. The van der Waals surface area contributed by atoms with Crippen molar-refractivity contribution in [2.75, 3.05) is 0 Å². The van der Waals surface area contributed by atoms with Crippen LogP contribution in [0.1, 0.15) is 6.92 Å². The van der Waals surface area contributed by atoms with Gasteiger partial charge in [-0.2, -0.15) is 0 Å². The number of rotatable bonds is 3. The van der Waals surface area contributed by atoms with Crippen LogP contribution < -0.4 is 0 Å². The highest BCUT2D eigenvalue weighted by Crippen LogP contribution is 2.26. The van der Waals surface area contributed by atoms with E-state index in [-0.39, 0.29) is 5.76 Å².